The first-order chi connectivity index (χ1) is 11.7. The number of benzene rings is 2. The van der Waals surface area contributed by atoms with Crippen molar-refractivity contribution in [3.8, 4) is 0 Å². The minimum atomic E-state index is -4.55. The van der Waals surface area contributed by atoms with Gasteiger partial charge in [-0.05, 0) is 35.9 Å². The van der Waals surface area contributed by atoms with Gasteiger partial charge < -0.3 is 10.4 Å². The van der Waals surface area contributed by atoms with Crippen molar-refractivity contribution < 1.29 is 27.9 Å². The van der Waals surface area contributed by atoms with Crippen molar-refractivity contribution in [2.75, 3.05) is 5.32 Å². The lowest BCUT2D eigenvalue weighted by Crippen LogP contribution is -2.12. The highest BCUT2D eigenvalue weighted by atomic mass is 35.5. The average Bonchev–Trinajstić information content (AvgIpc) is 2.54. The van der Waals surface area contributed by atoms with Crippen LogP contribution in [0.5, 0.6) is 0 Å². The molecule has 8 heteroatoms. The maximum Gasteiger partial charge on any atom is 0.416 e. The Balaban J connectivity index is 2.22. The molecule has 2 aromatic rings. The Kier molecular flexibility index (Phi) is 5.48. The molecule has 0 heterocycles. The number of hydrogen-bond donors (Lipinski definition) is 2. The Morgan fingerprint density at radius 1 is 1.12 bits per heavy atom. The van der Waals surface area contributed by atoms with E-state index in [0.29, 0.717) is 0 Å². The Bertz CT molecular complexity index is 847. The molecule has 0 aromatic heterocycles. The summed E-state index contributed by atoms with van der Waals surface area (Å²) in [7, 11) is 0. The summed E-state index contributed by atoms with van der Waals surface area (Å²) in [6.07, 6.45) is -2.65. The topological polar surface area (TPSA) is 66.4 Å². The third-order valence-electron chi connectivity index (χ3n) is 3.15. The van der Waals surface area contributed by atoms with Crippen LogP contribution in [0.25, 0.3) is 6.08 Å². The zero-order valence-electron chi connectivity index (χ0n) is 12.5. The van der Waals surface area contributed by atoms with Gasteiger partial charge in [0.25, 0.3) is 0 Å². The van der Waals surface area contributed by atoms with Gasteiger partial charge in [0.1, 0.15) is 0 Å². The van der Waals surface area contributed by atoms with Crippen molar-refractivity contribution in [1.29, 1.82) is 0 Å². The van der Waals surface area contributed by atoms with E-state index >= 15 is 0 Å². The van der Waals surface area contributed by atoms with Gasteiger partial charge in [-0.25, -0.2) is 4.79 Å². The van der Waals surface area contributed by atoms with Crippen LogP contribution in [0, 0.1) is 0 Å². The van der Waals surface area contributed by atoms with Gasteiger partial charge in [-0.2, -0.15) is 13.2 Å². The highest BCUT2D eigenvalue weighted by molar-refractivity contribution is 6.31. The maximum atomic E-state index is 12.9. The number of alkyl halides is 3. The van der Waals surface area contributed by atoms with E-state index in [0.717, 1.165) is 24.3 Å². The molecule has 0 aliphatic heterocycles. The molecule has 2 aromatic carbocycles. The van der Waals surface area contributed by atoms with Gasteiger partial charge >= 0.3 is 12.1 Å². The number of amides is 1. The van der Waals surface area contributed by atoms with E-state index in [2.05, 4.69) is 5.32 Å². The van der Waals surface area contributed by atoms with Gasteiger partial charge in [-0.3, -0.25) is 4.79 Å². The van der Waals surface area contributed by atoms with Crippen LogP contribution >= 0.6 is 11.6 Å². The number of rotatable bonds is 4. The fourth-order valence-electron chi connectivity index (χ4n) is 2.04. The third kappa shape index (κ3) is 4.84. The first kappa shape index (κ1) is 18.5. The number of aromatic carboxylic acids is 1. The van der Waals surface area contributed by atoms with Gasteiger partial charge in [0.2, 0.25) is 5.91 Å². The van der Waals surface area contributed by atoms with Crippen LogP contribution in [-0.4, -0.2) is 17.0 Å². The van der Waals surface area contributed by atoms with Gasteiger partial charge in [0, 0.05) is 11.1 Å². The van der Waals surface area contributed by atoms with Crippen molar-refractivity contribution in [2.24, 2.45) is 0 Å². The summed E-state index contributed by atoms with van der Waals surface area (Å²) >= 11 is 5.70. The normalized spacial score (nSPS) is 11.5. The second-order valence-electron chi connectivity index (χ2n) is 4.90. The molecule has 0 radical (unpaired) electrons. The molecule has 2 rings (SSSR count). The quantitative estimate of drug-likeness (QED) is 0.767. The molecule has 0 spiro atoms. The van der Waals surface area contributed by atoms with Crippen molar-refractivity contribution >= 4 is 35.2 Å². The first-order valence-corrected chi connectivity index (χ1v) is 7.24. The lowest BCUT2D eigenvalue weighted by Gasteiger charge is -2.10. The largest absolute Gasteiger partial charge is 0.478 e. The van der Waals surface area contributed by atoms with Crippen molar-refractivity contribution in [2.45, 2.75) is 6.18 Å². The van der Waals surface area contributed by atoms with E-state index in [9.17, 15) is 22.8 Å². The number of hydrogen-bond acceptors (Lipinski definition) is 2. The maximum absolute atomic E-state index is 12.9. The zero-order chi connectivity index (χ0) is 18.6. The molecular formula is C17H11ClF3NO3. The molecular weight excluding hydrogens is 359 g/mol. The summed E-state index contributed by atoms with van der Waals surface area (Å²) in [5.41, 5.74) is -1.31. The lowest BCUT2D eigenvalue weighted by molar-refractivity contribution is -0.137. The summed E-state index contributed by atoms with van der Waals surface area (Å²) in [6.45, 7) is 0. The molecule has 130 valence electrons. The van der Waals surface area contributed by atoms with E-state index < -0.39 is 23.6 Å². The lowest BCUT2D eigenvalue weighted by atomic mass is 10.1. The summed E-state index contributed by atoms with van der Waals surface area (Å²) in [6, 6.07) is 8.61. The molecule has 1 amide bonds. The van der Waals surface area contributed by atoms with E-state index in [1.165, 1.54) is 30.3 Å². The molecule has 0 aliphatic carbocycles. The van der Waals surface area contributed by atoms with Crippen LogP contribution in [0.2, 0.25) is 5.02 Å². The number of carboxylic acid groups (broad SMARTS) is 1. The minimum Gasteiger partial charge on any atom is -0.478 e. The standard InChI is InChI=1S/C17H11ClF3NO3/c18-11-6-7-14(12(9-11)16(24)25)22-15(23)8-5-10-3-1-2-4-13(10)17(19,20)21/h1-9H,(H,22,23)(H,24,25). The molecule has 0 fully saturated rings. The van der Waals surface area contributed by atoms with Crippen LogP contribution in [0.1, 0.15) is 21.5 Å². The molecule has 25 heavy (non-hydrogen) atoms. The summed E-state index contributed by atoms with van der Waals surface area (Å²) in [4.78, 5) is 23.0. The second kappa shape index (κ2) is 7.40. The molecule has 0 atom stereocenters. The SMILES string of the molecule is O=C(C=Cc1ccccc1C(F)(F)F)Nc1ccc(Cl)cc1C(=O)O. The van der Waals surface area contributed by atoms with E-state index in [4.69, 9.17) is 16.7 Å². The van der Waals surface area contributed by atoms with E-state index in [1.807, 2.05) is 0 Å². The fraction of sp³-hybridized carbons (Fsp3) is 0.0588. The van der Waals surface area contributed by atoms with Crippen LogP contribution in [0.15, 0.2) is 48.5 Å². The van der Waals surface area contributed by atoms with Gasteiger partial charge in [-0.15, -0.1) is 0 Å². The summed E-state index contributed by atoms with van der Waals surface area (Å²) < 4.78 is 38.7. The number of anilines is 1. The predicted molar refractivity (Wildman–Crippen MR) is 87.5 cm³/mol. The van der Waals surface area contributed by atoms with Crippen LogP contribution in [-0.2, 0) is 11.0 Å². The Morgan fingerprint density at radius 2 is 1.80 bits per heavy atom. The fourth-order valence-corrected chi connectivity index (χ4v) is 2.21. The number of carboxylic acids is 1. The number of carbonyl (C=O) groups is 2. The summed E-state index contributed by atoms with van der Waals surface area (Å²) in [5.74, 6) is -2.08. The zero-order valence-corrected chi connectivity index (χ0v) is 13.2. The summed E-state index contributed by atoms with van der Waals surface area (Å²) in [5, 5.41) is 11.6. The number of nitrogens with one attached hydrogen (secondary N) is 1. The smallest absolute Gasteiger partial charge is 0.416 e. The molecule has 4 nitrogen and oxygen atoms in total. The third-order valence-corrected chi connectivity index (χ3v) is 3.39. The molecule has 0 saturated carbocycles. The number of halogens is 4. The van der Waals surface area contributed by atoms with Crippen molar-refractivity contribution in [3.63, 3.8) is 0 Å². The second-order valence-corrected chi connectivity index (χ2v) is 5.34. The predicted octanol–water partition coefficient (Wildman–Crippen LogP) is 4.71. The Morgan fingerprint density at radius 3 is 2.44 bits per heavy atom. The van der Waals surface area contributed by atoms with Crippen molar-refractivity contribution in [3.05, 3.63) is 70.3 Å². The van der Waals surface area contributed by atoms with Crippen LogP contribution in [0.4, 0.5) is 18.9 Å². The molecule has 0 unspecified atom stereocenters. The van der Waals surface area contributed by atoms with Gasteiger partial charge in [0.05, 0.1) is 16.8 Å². The van der Waals surface area contributed by atoms with Crippen LogP contribution < -0.4 is 5.32 Å². The molecule has 0 bridgehead atoms. The molecule has 2 N–H and O–H groups in total. The first-order valence-electron chi connectivity index (χ1n) is 6.86. The van der Waals surface area contributed by atoms with Gasteiger partial charge in [-0.1, -0.05) is 29.8 Å². The number of carbonyl (C=O) groups excluding carboxylic acids is 1. The van der Waals surface area contributed by atoms with Crippen molar-refractivity contribution in [1.82, 2.24) is 0 Å². The molecule has 0 aliphatic rings. The minimum absolute atomic E-state index is 0.0179. The van der Waals surface area contributed by atoms with E-state index in [-0.39, 0.29) is 21.8 Å². The highest BCUT2D eigenvalue weighted by Gasteiger charge is 2.32. The molecule has 0 saturated heterocycles. The van der Waals surface area contributed by atoms with Gasteiger partial charge in [0.15, 0.2) is 0 Å². The average molecular weight is 370 g/mol. The highest BCUT2D eigenvalue weighted by Crippen LogP contribution is 2.32. The van der Waals surface area contributed by atoms with E-state index in [1.54, 1.807) is 0 Å². The monoisotopic (exact) mass is 369 g/mol. The Hall–Kier alpha value is -2.80. The van der Waals surface area contributed by atoms with Crippen LogP contribution in [0.3, 0.4) is 0 Å². The Labute approximate surface area is 145 Å².